The molecule has 2 aromatic rings. The van der Waals surface area contributed by atoms with Gasteiger partial charge in [-0.25, -0.2) is 17.6 Å². The molecule has 1 aliphatic heterocycles. The number of carbonyl (C=O) groups is 2. The second kappa shape index (κ2) is 11.2. The monoisotopic (exact) mass is 474 g/mol. The van der Waals surface area contributed by atoms with E-state index in [4.69, 9.17) is 0 Å². The van der Waals surface area contributed by atoms with Crippen LogP contribution in [0, 0.1) is 23.3 Å². The van der Waals surface area contributed by atoms with Gasteiger partial charge in [0.2, 0.25) is 5.91 Å². The Balaban J connectivity index is 1.94. The van der Waals surface area contributed by atoms with Gasteiger partial charge >= 0.3 is 0 Å². The van der Waals surface area contributed by atoms with Gasteiger partial charge < -0.3 is 9.80 Å². The lowest BCUT2D eigenvalue weighted by Crippen LogP contribution is -2.42. The minimum absolute atomic E-state index is 0.00400. The molecule has 0 unspecified atom stereocenters. The van der Waals surface area contributed by atoms with Gasteiger partial charge in [0.15, 0.2) is 29.1 Å². The number of benzene rings is 2. The standard InChI is InChI=1S/C26H26F4N2O2/c1-3-31(4-2)10-9-25(33)32-15-19(11-17-5-7-21(27)23(29)13-17)26(34)20(16-32)12-18-6-8-22(28)24(30)14-18/h5-8,11-14H,3-4,9-10,15-16H2,1-2H3/b19-11+,20-12+. The maximum Gasteiger partial charge on any atom is 0.224 e. The molecule has 3 rings (SSSR count). The van der Waals surface area contributed by atoms with Crippen LogP contribution in [0.1, 0.15) is 31.4 Å². The number of halogens is 4. The fraction of sp³-hybridized carbons (Fsp3) is 0.308. The number of carbonyl (C=O) groups excluding carboxylic acids is 2. The first-order valence-corrected chi connectivity index (χ1v) is 11.1. The molecule has 34 heavy (non-hydrogen) atoms. The summed E-state index contributed by atoms with van der Waals surface area (Å²) in [5.41, 5.74) is 0.961. The SMILES string of the molecule is CCN(CC)CCC(=O)N1C/C(=C\c2ccc(F)c(F)c2)C(=O)/C(=C/c2ccc(F)c(F)c2)C1. The number of hydrogen-bond acceptors (Lipinski definition) is 3. The molecule has 1 fully saturated rings. The number of amides is 1. The highest BCUT2D eigenvalue weighted by Gasteiger charge is 2.29. The fourth-order valence-electron chi connectivity index (χ4n) is 3.77. The number of likely N-dealkylation sites (tertiary alicyclic amines) is 1. The zero-order valence-electron chi connectivity index (χ0n) is 19.1. The maximum atomic E-state index is 13.7. The third-order valence-electron chi connectivity index (χ3n) is 5.76. The Morgan fingerprint density at radius 3 is 1.74 bits per heavy atom. The Labute approximate surface area is 196 Å². The van der Waals surface area contributed by atoms with Crippen LogP contribution in [-0.2, 0) is 9.59 Å². The lowest BCUT2D eigenvalue weighted by molar-refractivity contribution is -0.131. The van der Waals surface area contributed by atoms with E-state index in [1.807, 2.05) is 13.8 Å². The Morgan fingerprint density at radius 2 is 1.32 bits per heavy atom. The van der Waals surface area contributed by atoms with Gasteiger partial charge in [0, 0.05) is 37.2 Å². The van der Waals surface area contributed by atoms with Crippen LogP contribution in [0.4, 0.5) is 17.6 Å². The van der Waals surface area contributed by atoms with Gasteiger partial charge in [-0.3, -0.25) is 9.59 Å². The molecule has 1 aliphatic rings. The van der Waals surface area contributed by atoms with Crippen LogP contribution in [0.5, 0.6) is 0 Å². The lowest BCUT2D eigenvalue weighted by Gasteiger charge is -2.31. The summed E-state index contributed by atoms with van der Waals surface area (Å²) in [4.78, 5) is 29.7. The quantitative estimate of drug-likeness (QED) is 0.426. The minimum atomic E-state index is -1.05. The molecule has 0 aliphatic carbocycles. The normalized spacial score (nSPS) is 16.7. The number of nitrogens with zero attached hydrogens (tertiary/aromatic N) is 2. The van der Waals surface area contributed by atoms with Gasteiger partial charge in [-0.05, 0) is 60.6 Å². The first kappa shape index (κ1) is 25.4. The molecule has 0 aromatic heterocycles. The van der Waals surface area contributed by atoms with Gasteiger partial charge in [0.25, 0.3) is 0 Å². The Hall–Kier alpha value is -3.26. The van der Waals surface area contributed by atoms with Crippen LogP contribution in [0.3, 0.4) is 0 Å². The fourth-order valence-corrected chi connectivity index (χ4v) is 3.77. The summed E-state index contributed by atoms with van der Waals surface area (Å²) >= 11 is 0. The van der Waals surface area contributed by atoms with E-state index in [1.165, 1.54) is 29.2 Å². The van der Waals surface area contributed by atoms with Crippen molar-refractivity contribution in [3.8, 4) is 0 Å². The van der Waals surface area contributed by atoms with Gasteiger partial charge in [-0.2, -0.15) is 0 Å². The van der Waals surface area contributed by atoms with Crippen molar-refractivity contribution in [2.75, 3.05) is 32.7 Å². The molecule has 180 valence electrons. The summed E-state index contributed by atoms with van der Waals surface area (Å²) in [7, 11) is 0. The number of hydrogen-bond donors (Lipinski definition) is 0. The van der Waals surface area contributed by atoms with Gasteiger partial charge in [-0.15, -0.1) is 0 Å². The van der Waals surface area contributed by atoms with E-state index in [-0.39, 0.29) is 47.7 Å². The highest BCUT2D eigenvalue weighted by molar-refractivity contribution is 6.15. The Kier molecular flexibility index (Phi) is 8.39. The van der Waals surface area contributed by atoms with Crippen LogP contribution in [0.15, 0.2) is 47.5 Å². The molecule has 0 N–H and O–H groups in total. The topological polar surface area (TPSA) is 40.6 Å². The summed E-state index contributed by atoms with van der Waals surface area (Å²) < 4.78 is 54.0. The Bertz CT molecular complexity index is 1070. The molecule has 0 bridgehead atoms. The van der Waals surface area contributed by atoms with Crippen molar-refractivity contribution in [1.29, 1.82) is 0 Å². The number of Topliss-reactive ketones (excluding diaryl/α,β-unsaturated/α-hetero) is 1. The molecule has 0 atom stereocenters. The Morgan fingerprint density at radius 1 is 0.853 bits per heavy atom. The smallest absolute Gasteiger partial charge is 0.224 e. The molecule has 8 heteroatoms. The third kappa shape index (κ3) is 6.20. The number of ketones is 1. The molecule has 1 saturated heterocycles. The van der Waals surface area contributed by atoms with Crippen LogP contribution in [0.2, 0.25) is 0 Å². The molecule has 1 heterocycles. The van der Waals surface area contributed by atoms with E-state index in [0.717, 1.165) is 37.4 Å². The molecular formula is C26H26F4N2O2. The number of piperidine rings is 1. The molecule has 0 radical (unpaired) electrons. The van der Waals surface area contributed by atoms with E-state index < -0.39 is 29.1 Å². The van der Waals surface area contributed by atoms with E-state index in [9.17, 15) is 27.2 Å². The highest BCUT2D eigenvalue weighted by atomic mass is 19.2. The predicted molar refractivity (Wildman–Crippen MR) is 123 cm³/mol. The summed E-state index contributed by atoms with van der Waals surface area (Å²) in [6.45, 7) is 6.15. The molecule has 0 spiro atoms. The van der Waals surface area contributed by atoms with Crippen molar-refractivity contribution in [1.82, 2.24) is 9.80 Å². The summed E-state index contributed by atoms with van der Waals surface area (Å²) in [5.74, 6) is -4.70. The summed E-state index contributed by atoms with van der Waals surface area (Å²) in [5, 5.41) is 0. The van der Waals surface area contributed by atoms with Crippen LogP contribution in [0.25, 0.3) is 12.2 Å². The second-order valence-corrected chi connectivity index (χ2v) is 8.04. The van der Waals surface area contributed by atoms with E-state index in [1.54, 1.807) is 0 Å². The van der Waals surface area contributed by atoms with Crippen molar-refractivity contribution >= 4 is 23.8 Å². The van der Waals surface area contributed by atoms with Crippen molar-refractivity contribution < 1.29 is 27.2 Å². The van der Waals surface area contributed by atoms with Gasteiger partial charge in [0.05, 0.1) is 0 Å². The predicted octanol–water partition coefficient (Wildman–Crippen LogP) is 4.85. The molecule has 0 saturated carbocycles. The molecule has 2 aromatic carbocycles. The van der Waals surface area contributed by atoms with Gasteiger partial charge in [0.1, 0.15) is 0 Å². The van der Waals surface area contributed by atoms with Crippen LogP contribution in [-0.4, -0.2) is 54.2 Å². The second-order valence-electron chi connectivity index (χ2n) is 8.04. The summed E-state index contributed by atoms with van der Waals surface area (Å²) in [6, 6.07) is 6.52. The van der Waals surface area contributed by atoms with Crippen molar-refractivity contribution in [2.45, 2.75) is 20.3 Å². The van der Waals surface area contributed by atoms with E-state index >= 15 is 0 Å². The molecule has 4 nitrogen and oxygen atoms in total. The first-order chi connectivity index (χ1) is 16.2. The molecule has 1 amide bonds. The third-order valence-corrected chi connectivity index (χ3v) is 5.76. The lowest BCUT2D eigenvalue weighted by atomic mass is 9.94. The summed E-state index contributed by atoms with van der Waals surface area (Å²) in [6.07, 6.45) is 3.06. The zero-order chi connectivity index (χ0) is 24.8. The van der Waals surface area contributed by atoms with E-state index in [0.29, 0.717) is 6.54 Å². The highest BCUT2D eigenvalue weighted by Crippen LogP contribution is 2.24. The van der Waals surface area contributed by atoms with Gasteiger partial charge in [-0.1, -0.05) is 26.0 Å². The maximum absolute atomic E-state index is 13.7. The largest absolute Gasteiger partial charge is 0.334 e. The number of rotatable bonds is 7. The van der Waals surface area contributed by atoms with Crippen molar-refractivity contribution in [3.05, 3.63) is 81.9 Å². The zero-order valence-corrected chi connectivity index (χ0v) is 19.1. The molecular weight excluding hydrogens is 448 g/mol. The van der Waals surface area contributed by atoms with E-state index in [2.05, 4.69) is 4.90 Å². The minimum Gasteiger partial charge on any atom is -0.334 e. The first-order valence-electron chi connectivity index (χ1n) is 11.1. The van der Waals surface area contributed by atoms with Crippen LogP contribution < -0.4 is 0 Å². The average molecular weight is 474 g/mol. The van der Waals surface area contributed by atoms with Crippen molar-refractivity contribution in [3.63, 3.8) is 0 Å². The average Bonchev–Trinajstić information content (AvgIpc) is 2.81. The van der Waals surface area contributed by atoms with Crippen LogP contribution >= 0.6 is 0 Å². The van der Waals surface area contributed by atoms with Crippen molar-refractivity contribution in [2.24, 2.45) is 0 Å².